The lowest BCUT2D eigenvalue weighted by atomic mass is 10.1. The Morgan fingerprint density at radius 2 is 2.24 bits per heavy atom. The van der Waals surface area contributed by atoms with Crippen molar-refractivity contribution < 1.29 is 9.53 Å². The molecule has 1 aromatic rings. The van der Waals surface area contributed by atoms with Gasteiger partial charge in [0.05, 0.1) is 6.42 Å². The molecule has 0 spiro atoms. The van der Waals surface area contributed by atoms with E-state index in [1.54, 1.807) is 0 Å². The van der Waals surface area contributed by atoms with Gasteiger partial charge in [-0.25, -0.2) is 5.84 Å². The molecule has 1 saturated heterocycles. The van der Waals surface area contributed by atoms with Crippen LogP contribution in [0.4, 0.5) is 0 Å². The van der Waals surface area contributed by atoms with Gasteiger partial charge in [0.15, 0.2) is 0 Å². The first-order valence-electron chi connectivity index (χ1n) is 5.73. The highest BCUT2D eigenvalue weighted by Gasteiger charge is 2.15. The van der Waals surface area contributed by atoms with Crippen LogP contribution in [0.25, 0.3) is 0 Å². The summed E-state index contributed by atoms with van der Waals surface area (Å²) in [5.41, 5.74) is 3.03. The summed E-state index contributed by atoms with van der Waals surface area (Å²) in [7, 11) is 0. The average Bonchev–Trinajstić information content (AvgIpc) is 2.84. The van der Waals surface area contributed by atoms with E-state index in [1.165, 1.54) is 0 Å². The van der Waals surface area contributed by atoms with Crippen molar-refractivity contribution in [3.8, 4) is 5.75 Å². The molecule has 1 aromatic carbocycles. The molecule has 1 heterocycles. The molecule has 0 radical (unpaired) electrons. The van der Waals surface area contributed by atoms with Gasteiger partial charge in [0.2, 0.25) is 5.91 Å². The third-order valence-electron chi connectivity index (χ3n) is 2.77. The zero-order valence-electron chi connectivity index (χ0n) is 9.61. The third-order valence-corrected chi connectivity index (χ3v) is 2.77. The summed E-state index contributed by atoms with van der Waals surface area (Å²) in [4.78, 5) is 11.1. The van der Waals surface area contributed by atoms with Crippen LogP contribution in [0, 0.1) is 0 Å². The summed E-state index contributed by atoms with van der Waals surface area (Å²) < 4.78 is 5.77. The summed E-state index contributed by atoms with van der Waals surface area (Å²) >= 11 is 0. The Kier molecular flexibility index (Phi) is 3.95. The number of carbonyl (C=O) groups is 1. The Labute approximate surface area is 100 Å². The van der Waals surface area contributed by atoms with Crippen molar-refractivity contribution in [3.63, 3.8) is 0 Å². The van der Waals surface area contributed by atoms with E-state index in [0.29, 0.717) is 6.42 Å². The third kappa shape index (κ3) is 3.44. The van der Waals surface area contributed by atoms with Gasteiger partial charge in [-0.05, 0) is 30.7 Å². The van der Waals surface area contributed by atoms with Crippen molar-refractivity contribution >= 4 is 5.91 Å². The van der Waals surface area contributed by atoms with Crippen molar-refractivity contribution in [1.29, 1.82) is 0 Å². The van der Waals surface area contributed by atoms with Gasteiger partial charge >= 0.3 is 0 Å². The number of amides is 1. The van der Waals surface area contributed by atoms with Gasteiger partial charge in [-0.3, -0.25) is 10.2 Å². The van der Waals surface area contributed by atoms with E-state index in [4.69, 9.17) is 10.6 Å². The van der Waals surface area contributed by atoms with Crippen LogP contribution < -0.4 is 21.3 Å². The highest BCUT2D eigenvalue weighted by Crippen LogP contribution is 2.16. The monoisotopic (exact) mass is 235 g/mol. The topological polar surface area (TPSA) is 76.4 Å². The number of hydrogen-bond donors (Lipinski definition) is 3. The fourth-order valence-electron chi connectivity index (χ4n) is 1.84. The highest BCUT2D eigenvalue weighted by atomic mass is 16.5. The molecule has 0 aliphatic carbocycles. The van der Waals surface area contributed by atoms with E-state index in [2.05, 4.69) is 10.7 Å². The molecule has 1 fully saturated rings. The van der Waals surface area contributed by atoms with E-state index in [0.717, 1.165) is 30.8 Å². The molecule has 92 valence electrons. The molecule has 17 heavy (non-hydrogen) atoms. The lowest BCUT2D eigenvalue weighted by Crippen LogP contribution is -2.31. The van der Waals surface area contributed by atoms with E-state index >= 15 is 0 Å². The number of hydrazine groups is 1. The molecule has 4 N–H and O–H groups in total. The summed E-state index contributed by atoms with van der Waals surface area (Å²) in [6.07, 6.45) is 1.59. The van der Waals surface area contributed by atoms with Crippen LogP contribution >= 0.6 is 0 Å². The van der Waals surface area contributed by atoms with Crippen LogP contribution in [-0.2, 0) is 11.2 Å². The first-order chi connectivity index (χ1) is 8.28. The Hall–Kier alpha value is -1.59. The molecule has 0 bridgehead atoms. The van der Waals surface area contributed by atoms with E-state index in [1.807, 2.05) is 24.3 Å². The molecular weight excluding hydrogens is 218 g/mol. The summed E-state index contributed by atoms with van der Waals surface area (Å²) in [5, 5.41) is 3.25. The zero-order chi connectivity index (χ0) is 12.1. The second-order valence-electron chi connectivity index (χ2n) is 4.12. The lowest BCUT2D eigenvalue weighted by Gasteiger charge is -2.12. The van der Waals surface area contributed by atoms with E-state index < -0.39 is 0 Å². The standard InChI is InChI=1S/C12H17N3O2/c13-15-12(16)7-9-1-3-10(4-2-9)17-11-5-6-14-8-11/h1-4,11,14H,5-8,13H2,(H,15,16). The summed E-state index contributed by atoms with van der Waals surface area (Å²) in [6, 6.07) is 7.54. The van der Waals surface area contributed by atoms with Gasteiger partial charge in [-0.2, -0.15) is 0 Å². The highest BCUT2D eigenvalue weighted by molar-refractivity contribution is 5.77. The smallest absolute Gasteiger partial charge is 0.238 e. The van der Waals surface area contributed by atoms with Crippen molar-refractivity contribution in [3.05, 3.63) is 29.8 Å². The molecule has 0 aromatic heterocycles. The Morgan fingerprint density at radius 3 is 2.82 bits per heavy atom. The largest absolute Gasteiger partial charge is 0.489 e. The lowest BCUT2D eigenvalue weighted by molar-refractivity contribution is -0.120. The van der Waals surface area contributed by atoms with Crippen molar-refractivity contribution in [2.24, 2.45) is 5.84 Å². The van der Waals surface area contributed by atoms with Crippen LogP contribution in [0.1, 0.15) is 12.0 Å². The van der Waals surface area contributed by atoms with Crippen molar-refractivity contribution in [1.82, 2.24) is 10.7 Å². The minimum absolute atomic E-state index is 0.196. The van der Waals surface area contributed by atoms with E-state index in [9.17, 15) is 4.79 Å². The molecule has 1 amide bonds. The van der Waals surface area contributed by atoms with Gasteiger partial charge in [-0.1, -0.05) is 12.1 Å². The van der Waals surface area contributed by atoms with E-state index in [-0.39, 0.29) is 12.0 Å². The number of carbonyl (C=O) groups excluding carboxylic acids is 1. The zero-order valence-corrected chi connectivity index (χ0v) is 9.61. The fraction of sp³-hybridized carbons (Fsp3) is 0.417. The Balaban J connectivity index is 1.90. The number of benzene rings is 1. The average molecular weight is 235 g/mol. The predicted octanol–water partition coefficient (Wildman–Crippen LogP) is -0.0403. The molecular formula is C12H17N3O2. The maximum Gasteiger partial charge on any atom is 0.238 e. The maximum atomic E-state index is 11.1. The van der Waals surface area contributed by atoms with Crippen LogP contribution in [0.5, 0.6) is 5.75 Å². The van der Waals surface area contributed by atoms with Gasteiger partial charge in [0, 0.05) is 6.54 Å². The maximum absolute atomic E-state index is 11.1. The number of rotatable bonds is 4. The normalized spacial score (nSPS) is 19.0. The SMILES string of the molecule is NNC(=O)Cc1ccc(OC2CCNC2)cc1. The Morgan fingerprint density at radius 1 is 1.47 bits per heavy atom. The molecule has 1 unspecified atom stereocenters. The van der Waals surface area contributed by atoms with Crippen molar-refractivity contribution in [2.75, 3.05) is 13.1 Å². The molecule has 2 rings (SSSR count). The molecule has 5 nitrogen and oxygen atoms in total. The quantitative estimate of drug-likeness (QED) is 0.389. The molecule has 5 heteroatoms. The minimum atomic E-state index is -0.196. The van der Waals surface area contributed by atoms with Gasteiger partial charge in [-0.15, -0.1) is 0 Å². The predicted molar refractivity (Wildman–Crippen MR) is 64.4 cm³/mol. The van der Waals surface area contributed by atoms with Gasteiger partial charge in [0.1, 0.15) is 11.9 Å². The summed E-state index contributed by atoms with van der Waals surface area (Å²) in [5.74, 6) is 5.67. The van der Waals surface area contributed by atoms with Crippen molar-refractivity contribution in [2.45, 2.75) is 18.9 Å². The second kappa shape index (κ2) is 5.65. The Bertz CT molecular complexity index is 372. The first kappa shape index (κ1) is 11.9. The first-order valence-corrected chi connectivity index (χ1v) is 5.73. The van der Waals surface area contributed by atoms with Crippen LogP contribution in [0.3, 0.4) is 0 Å². The molecule has 1 aliphatic rings. The molecule has 0 saturated carbocycles. The van der Waals surface area contributed by atoms with Crippen LogP contribution in [0.2, 0.25) is 0 Å². The minimum Gasteiger partial charge on any atom is -0.489 e. The number of nitrogens with two attached hydrogens (primary N) is 1. The molecule has 1 atom stereocenters. The number of nitrogens with one attached hydrogen (secondary N) is 2. The second-order valence-corrected chi connectivity index (χ2v) is 4.12. The number of ether oxygens (including phenoxy) is 1. The van der Waals surface area contributed by atoms with Crippen LogP contribution in [0.15, 0.2) is 24.3 Å². The number of hydrogen-bond acceptors (Lipinski definition) is 4. The van der Waals surface area contributed by atoms with Crippen LogP contribution in [-0.4, -0.2) is 25.1 Å². The van der Waals surface area contributed by atoms with Gasteiger partial charge in [0.25, 0.3) is 0 Å². The fourth-order valence-corrected chi connectivity index (χ4v) is 1.84. The summed E-state index contributed by atoms with van der Waals surface area (Å²) in [6.45, 7) is 1.91. The molecule has 1 aliphatic heterocycles. The van der Waals surface area contributed by atoms with Gasteiger partial charge < -0.3 is 10.1 Å².